The minimum Gasteiger partial charge on any atom is -0.381 e. The van der Waals surface area contributed by atoms with Gasteiger partial charge < -0.3 is 20.1 Å². The van der Waals surface area contributed by atoms with E-state index in [2.05, 4.69) is 15.5 Å². The Balaban J connectivity index is 1.55. The Bertz CT molecular complexity index is 591. The van der Waals surface area contributed by atoms with Gasteiger partial charge in [-0.3, -0.25) is 4.90 Å². The first-order valence-electron chi connectivity index (χ1n) is 8.53. The fourth-order valence-corrected chi connectivity index (χ4v) is 3.60. The number of nitrogens with zero attached hydrogens (tertiary/aromatic N) is 1. The fraction of sp³-hybridized carbons (Fsp3) is 0.588. The van der Waals surface area contributed by atoms with Crippen molar-refractivity contribution in [3.63, 3.8) is 0 Å². The zero-order chi connectivity index (χ0) is 17.6. The highest BCUT2D eigenvalue weighted by atomic mass is 35.5. The number of morpholine rings is 1. The third-order valence-corrected chi connectivity index (χ3v) is 5.41. The van der Waals surface area contributed by atoms with Gasteiger partial charge in [-0.15, -0.1) is 0 Å². The summed E-state index contributed by atoms with van der Waals surface area (Å²) in [6.45, 7) is 5.36. The maximum absolute atomic E-state index is 12.2. The second-order valence-electron chi connectivity index (χ2n) is 6.30. The molecule has 2 saturated heterocycles. The number of benzene rings is 1. The molecule has 138 valence electrons. The van der Waals surface area contributed by atoms with Gasteiger partial charge in [0.25, 0.3) is 0 Å². The number of hydrogen-bond donors (Lipinski definition) is 2. The molecule has 25 heavy (non-hydrogen) atoms. The molecule has 0 spiro atoms. The van der Waals surface area contributed by atoms with Crippen LogP contribution in [0.5, 0.6) is 0 Å². The second kappa shape index (κ2) is 9.05. The first-order chi connectivity index (χ1) is 12.1. The van der Waals surface area contributed by atoms with E-state index < -0.39 is 0 Å². The van der Waals surface area contributed by atoms with E-state index >= 15 is 0 Å². The first kappa shape index (κ1) is 18.7. The Morgan fingerprint density at radius 2 is 2.00 bits per heavy atom. The maximum atomic E-state index is 12.2. The number of hydrogen-bond acceptors (Lipinski definition) is 4. The largest absolute Gasteiger partial charge is 0.381 e. The van der Waals surface area contributed by atoms with Crippen LogP contribution in [0.15, 0.2) is 18.2 Å². The van der Waals surface area contributed by atoms with Crippen molar-refractivity contribution >= 4 is 34.9 Å². The van der Waals surface area contributed by atoms with Crippen molar-refractivity contribution in [1.82, 2.24) is 10.2 Å². The lowest BCUT2D eigenvalue weighted by Crippen LogP contribution is -2.52. The number of anilines is 1. The minimum atomic E-state index is -0.254. The van der Waals surface area contributed by atoms with E-state index in [1.807, 2.05) is 0 Å². The van der Waals surface area contributed by atoms with E-state index in [9.17, 15) is 4.79 Å². The summed E-state index contributed by atoms with van der Waals surface area (Å²) in [6, 6.07) is 5.01. The lowest BCUT2D eigenvalue weighted by atomic mass is 9.97. The number of urea groups is 1. The Labute approximate surface area is 157 Å². The minimum absolute atomic E-state index is 0.254. The molecule has 1 aromatic rings. The van der Waals surface area contributed by atoms with Crippen molar-refractivity contribution in [2.75, 3.05) is 51.4 Å². The summed E-state index contributed by atoms with van der Waals surface area (Å²) in [6.07, 6.45) is 1.03. The molecule has 2 fully saturated rings. The lowest BCUT2D eigenvalue weighted by molar-refractivity contribution is 0.00222. The molecule has 2 N–H and O–H groups in total. The molecule has 3 rings (SSSR count). The molecule has 6 nitrogen and oxygen atoms in total. The third kappa shape index (κ3) is 5.21. The highest BCUT2D eigenvalue weighted by molar-refractivity contribution is 6.42. The van der Waals surface area contributed by atoms with Gasteiger partial charge in [-0.05, 0) is 24.6 Å². The number of nitrogens with one attached hydrogen (secondary N) is 2. The van der Waals surface area contributed by atoms with Crippen LogP contribution in [0.3, 0.4) is 0 Å². The molecule has 0 aliphatic carbocycles. The van der Waals surface area contributed by atoms with Gasteiger partial charge in [0.05, 0.1) is 29.9 Å². The molecule has 2 amide bonds. The van der Waals surface area contributed by atoms with Crippen molar-refractivity contribution < 1.29 is 14.3 Å². The zero-order valence-corrected chi connectivity index (χ0v) is 15.5. The monoisotopic (exact) mass is 387 g/mol. The Morgan fingerprint density at radius 1 is 1.20 bits per heavy atom. The van der Waals surface area contributed by atoms with Gasteiger partial charge >= 0.3 is 6.03 Å². The SMILES string of the molecule is O=C(NC[C@@H]([C@H]1CCOC1)N1CCOCC1)Nc1ccc(Cl)c(Cl)c1. The van der Waals surface area contributed by atoms with E-state index in [1.165, 1.54) is 0 Å². The summed E-state index contributed by atoms with van der Waals surface area (Å²) >= 11 is 11.9. The molecule has 2 atom stereocenters. The summed E-state index contributed by atoms with van der Waals surface area (Å²) in [5.41, 5.74) is 0.610. The number of carbonyl (C=O) groups is 1. The summed E-state index contributed by atoms with van der Waals surface area (Å²) < 4.78 is 11.0. The van der Waals surface area contributed by atoms with Gasteiger partial charge in [0.2, 0.25) is 0 Å². The molecule has 2 heterocycles. The second-order valence-corrected chi connectivity index (χ2v) is 7.12. The topological polar surface area (TPSA) is 62.8 Å². The van der Waals surface area contributed by atoms with E-state index in [4.69, 9.17) is 32.7 Å². The van der Waals surface area contributed by atoms with Crippen molar-refractivity contribution in [1.29, 1.82) is 0 Å². The van der Waals surface area contributed by atoms with Gasteiger partial charge in [-0.1, -0.05) is 23.2 Å². The molecule has 0 saturated carbocycles. The molecule has 0 radical (unpaired) electrons. The number of amides is 2. The average molecular weight is 388 g/mol. The van der Waals surface area contributed by atoms with E-state index in [0.717, 1.165) is 45.9 Å². The average Bonchev–Trinajstić information content (AvgIpc) is 3.14. The van der Waals surface area contributed by atoms with Crippen LogP contribution in [0.1, 0.15) is 6.42 Å². The first-order valence-corrected chi connectivity index (χ1v) is 9.28. The predicted molar refractivity (Wildman–Crippen MR) is 98.6 cm³/mol. The Kier molecular flexibility index (Phi) is 6.78. The summed E-state index contributed by atoms with van der Waals surface area (Å²) in [5.74, 6) is 0.434. The van der Waals surface area contributed by atoms with E-state index in [0.29, 0.717) is 28.2 Å². The van der Waals surface area contributed by atoms with Crippen LogP contribution in [-0.4, -0.2) is 63.0 Å². The number of ether oxygens (including phenoxy) is 2. The Morgan fingerprint density at radius 3 is 2.68 bits per heavy atom. The van der Waals surface area contributed by atoms with Crippen LogP contribution in [-0.2, 0) is 9.47 Å². The zero-order valence-electron chi connectivity index (χ0n) is 14.0. The Hall–Kier alpha value is -1.05. The summed E-state index contributed by atoms with van der Waals surface area (Å²) in [5, 5.41) is 6.64. The van der Waals surface area contributed by atoms with Crippen molar-refractivity contribution in [3.05, 3.63) is 28.2 Å². The van der Waals surface area contributed by atoms with Crippen molar-refractivity contribution in [2.45, 2.75) is 12.5 Å². The molecule has 2 aliphatic rings. The van der Waals surface area contributed by atoms with Gasteiger partial charge in [0.1, 0.15) is 0 Å². The normalized spacial score (nSPS) is 22.6. The maximum Gasteiger partial charge on any atom is 0.319 e. The lowest BCUT2D eigenvalue weighted by Gasteiger charge is -2.37. The molecule has 0 unspecified atom stereocenters. The van der Waals surface area contributed by atoms with Gasteiger partial charge in [0.15, 0.2) is 0 Å². The molecule has 8 heteroatoms. The van der Waals surface area contributed by atoms with Crippen molar-refractivity contribution in [3.8, 4) is 0 Å². The number of halogens is 2. The number of carbonyl (C=O) groups excluding carboxylic acids is 1. The van der Waals surface area contributed by atoms with Crippen molar-refractivity contribution in [2.24, 2.45) is 5.92 Å². The molecule has 0 bridgehead atoms. The van der Waals surface area contributed by atoms with Crippen LogP contribution in [0.25, 0.3) is 0 Å². The van der Waals surface area contributed by atoms with Gasteiger partial charge in [-0.2, -0.15) is 0 Å². The summed E-state index contributed by atoms with van der Waals surface area (Å²) in [7, 11) is 0. The quantitative estimate of drug-likeness (QED) is 0.815. The van der Waals surface area contributed by atoms with Crippen LogP contribution in [0.2, 0.25) is 10.0 Å². The van der Waals surface area contributed by atoms with Crippen LogP contribution < -0.4 is 10.6 Å². The predicted octanol–water partition coefficient (Wildman–Crippen LogP) is 2.85. The molecule has 0 aromatic heterocycles. The smallest absolute Gasteiger partial charge is 0.319 e. The number of rotatable bonds is 5. The highest BCUT2D eigenvalue weighted by Gasteiger charge is 2.31. The van der Waals surface area contributed by atoms with E-state index in [1.54, 1.807) is 18.2 Å². The van der Waals surface area contributed by atoms with E-state index in [-0.39, 0.29) is 12.1 Å². The van der Waals surface area contributed by atoms with Crippen LogP contribution in [0, 0.1) is 5.92 Å². The third-order valence-electron chi connectivity index (χ3n) is 4.67. The molecule has 2 aliphatic heterocycles. The van der Waals surface area contributed by atoms with Crippen LogP contribution in [0.4, 0.5) is 10.5 Å². The van der Waals surface area contributed by atoms with Gasteiger partial charge in [-0.25, -0.2) is 4.79 Å². The standard InChI is InChI=1S/C17H23Cl2N3O3/c18-14-2-1-13(9-15(14)19)21-17(23)20-10-16(12-3-6-25-11-12)22-4-7-24-8-5-22/h1-2,9,12,16H,3-8,10-11H2,(H2,20,21,23)/t12-,16-/m0/s1. The van der Waals surface area contributed by atoms with Gasteiger partial charge in [0, 0.05) is 43.9 Å². The van der Waals surface area contributed by atoms with Crippen LogP contribution >= 0.6 is 23.2 Å². The fourth-order valence-electron chi connectivity index (χ4n) is 3.31. The summed E-state index contributed by atoms with van der Waals surface area (Å²) in [4.78, 5) is 14.6. The molecular weight excluding hydrogens is 365 g/mol. The highest BCUT2D eigenvalue weighted by Crippen LogP contribution is 2.25. The molecular formula is C17H23Cl2N3O3. The molecule has 1 aromatic carbocycles.